The average molecular weight is 471 g/mol. The van der Waals surface area contributed by atoms with E-state index in [1.165, 1.54) is 12.1 Å². The lowest BCUT2D eigenvalue weighted by molar-refractivity contribution is -0.166. The van der Waals surface area contributed by atoms with Gasteiger partial charge in [-0.05, 0) is 49.6 Å². The van der Waals surface area contributed by atoms with Crippen molar-refractivity contribution in [3.05, 3.63) is 70.2 Å². The molecule has 3 rings (SSSR count). The zero-order valence-electron chi connectivity index (χ0n) is 17.7. The van der Waals surface area contributed by atoms with Crippen LogP contribution in [0.3, 0.4) is 0 Å². The number of nitrogens with one attached hydrogen (secondary N) is 1. The van der Waals surface area contributed by atoms with Crippen molar-refractivity contribution < 1.29 is 27.5 Å². The van der Waals surface area contributed by atoms with Crippen molar-refractivity contribution in [2.45, 2.75) is 44.7 Å². The topological polar surface area (TPSA) is 50.8 Å². The number of hydroxylamine groups is 1. The Balaban J connectivity index is 1.93. The molecule has 1 aliphatic rings. The predicted molar refractivity (Wildman–Crippen MR) is 115 cm³/mol. The number of alkyl halides is 3. The molecule has 0 aliphatic carbocycles. The van der Waals surface area contributed by atoms with Gasteiger partial charge in [-0.3, -0.25) is 14.5 Å². The molecule has 2 unspecified atom stereocenters. The number of piperidine rings is 1. The second-order valence-corrected chi connectivity index (χ2v) is 7.92. The summed E-state index contributed by atoms with van der Waals surface area (Å²) in [5.74, 6) is -0.505. The van der Waals surface area contributed by atoms with E-state index >= 15 is 0 Å². The number of ether oxygens (including phenoxy) is 1. The highest BCUT2D eigenvalue weighted by atomic mass is 35.5. The fourth-order valence-electron chi connectivity index (χ4n) is 3.72. The number of hydrogen-bond donors (Lipinski definition) is 1. The Labute approximate surface area is 190 Å². The zero-order chi connectivity index (χ0) is 23.1. The zero-order valence-corrected chi connectivity index (χ0v) is 18.5. The van der Waals surface area contributed by atoms with E-state index in [9.17, 15) is 18.0 Å². The number of carbonyl (C=O) groups excluding carboxylic acids is 1. The van der Waals surface area contributed by atoms with Gasteiger partial charge in [0, 0.05) is 25.3 Å². The number of amides is 1. The second-order valence-electron chi connectivity index (χ2n) is 7.52. The van der Waals surface area contributed by atoms with Crippen molar-refractivity contribution in [2.75, 3.05) is 19.7 Å². The van der Waals surface area contributed by atoms with E-state index in [0.717, 1.165) is 38.4 Å². The van der Waals surface area contributed by atoms with Crippen LogP contribution in [0.5, 0.6) is 0 Å². The van der Waals surface area contributed by atoms with E-state index in [4.69, 9.17) is 21.2 Å². The molecule has 174 valence electrons. The van der Waals surface area contributed by atoms with Crippen LogP contribution in [0.15, 0.2) is 48.5 Å². The first-order valence-corrected chi connectivity index (χ1v) is 10.9. The summed E-state index contributed by atoms with van der Waals surface area (Å²) in [5.41, 5.74) is 2.00. The van der Waals surface area contributed by atoms with E-state index in [1.54, 1.807) is 37.3 Å². The van der Waals surface area contributed by atoms with Gasteiger partial charge in [0.05, 0.1) is 10.6 Å². The van der Waals surface area contributed by atoms with Gasteiger partial charge in [0.25, 0.3) is 5.91 Å². The molecule has 1 aliphatic heterocycles. The summed E-state index contributed by atoms with van der Waals surface area (Å²) >= 11 is 5.81. The maximum Gasteiger partial charge on any atom is 0.417 e. The molecule has 0 aromatic heterocycles. The Morgan fingerprint density at radius 3 is 2.44 bits per heavy atom. The van der Waals surface area contributed by atoms with Crippen LogP contribution in [0.1, 0.15) is 53.8 Å². The number of carbonyl (C=O) groups is 1. The van der Waals surface area contributed by atoms with E-state index in [1.807, 2.05) is 4.90 Å². The van der Waals surface area contributed by atoms with Gasteiger partial charge in [-0.2, -0.15) is 13.2 Å². The molecule has 2 aromatic carbocycles. The molecule has 2 aromatic rings. The molecular formula is C23H26ClF3N2O3. The highest BCUT2D eigenvalue weighted by Crippen LogP contribution is 2.38. The van der Waals surface area contributed by atoms with Crippen LogP contribution in [-0.2, 0) is 15.8 Å². The first-order valence-electron chi connectivity index (χ1n) is 10.5. The molecule has 0 spiro atoms. The third kappa shape index (κ3) is 6.22. The average Bonchev–Trinajstić information content (AvgIpc) is 2.79. The smallest absolute Gasteiger partial charge is 0.360 e. The largest absolute Gasteiger partial charge is 0.417 e. The minimum absolute atomic E-state index is 0.208. The molecule has 9 heteroatoms. The number of hydrogen-bond acceptors (Lipinski definition) is 4. The predicted octanol–water partition coefficient (Wildman–Crippen LogP) is 5.61. The van der Waals surface area contributed by atoms with Gasteiger partial charge in [-0.1, -0.05) is 42.3 Å². The normalized spacial score (nSPS) is 17.0. The van der Waals surface area contributed by atoms with Crippen molar-refractivity contribution in [2.24, 2.45) is 0 Å². The van der Waals surface area contributed by atoms with Crippen molar-refractivity contribution in [1.29, 1.82) is 0 Å². The van der Waals surface area contributed by atoms with Crippen LogP contribution < -0.4 is 5.48 Å². The van der Waals surface area contributed by atoms with Crippen LogP contribution in [-0.4, -0.2) is 36.7 Å². The third-order valence-electron chi connectivity index (χ3n) is 5.29. The van der Waals surface area contributed by atoms with Crippen molar-refractivity contribution in [1.82, 2.24) is 10.4 Å². The lowest BCUT2D eigenvalue weighted by Crippen LogP contribution is -2.46. The van der Waals surface area contributed by atoms with Gasteiger partial charge >= 0.3 is 6.18 Å². The van der Waals surface area contributed by atoms with Crippen LogP contribution in [0.25, 0.3) is 0 Å². The summed E-state index contributed by atoms with van der Waals surface area (Å²) in [5, 5.41) is -0.403. The van der Waals surface area contributed by atoms with Gasteiger partial charge < -0.3 is 4.74 Å². The minimum atomic E-state index is -4.63. The van der Waals surface area contributed by atoms with Crippen LogP contribution >= 0.6 is 11.6 Å². The summed E-state index contributed by atoms with van der Waals surface area (Å²) in [6.45, 7) is 3.57. The fraction of sp³-hybridized carbons (Fsp3) is 0.435. The summed E-state index contributed by atoms with van der Waals surface area (Å²) in [6, 6.07) is 12.0. The second kappa shape index (κ2) is 11.1. The lowest BCUT2D eigenvalue weighted by atomic mass is 10.0. The quantitative estimate of drug-likeness (QED) is 0.509. The fourth-order valence-corrected chi connectivity index (χ4v) is 3.95. The molecular weight excluding hydrogens is 445 g/mol. The van der Waals surface area contributed by atoms with Gasteiger partial charge in [-0.15, -0.1) is 0 Å². The van der Waals surface area contributed by atoms with Gasteiger partial charge in [-0.25, -0.2) is 5.48 Å². The highest BCUT2D eigenvalue weighted by molar-refractivity contribution is 6.31. The van der Waals surface area contributed by atoms with Crippen LogP contribution in [0.2, 0.25) is 5.02 Å². The summed E-state index contributed by atoms with van der Waals surface area (Å²) in [4.78, 5) is 20.3. The van der Waals surface area contributed by atoms with Crippen LogP contribution in [0.4, 0.5) is 13.2 Å². The summed E-state index contributed by atoms with van der Waals surface area (Å²) < 4.78 is 46.4. The van der Waals surface area contributed by atoms with Crippen molar-refractivity contribution in [3.8, 4) is 0 Å². The SMILES string of the molecule is CCOC(C(ONC(=O)c1ccccc1)c1ccc(Cl)c(C(F)(F)F)c1)N1CCCCC1. The molecule has 1 N–H and O–H groups in total. The van der Waals surface area contributed by atoms with Gasteiger partial charge in [0.1, 0.15) is 6.23 Å². The Morgan fingerprint density at radius 2 is 1.81 bits per heavy atom. The van der Waals surface area contributed by atoms with E-state index < -0.39 is 35.0 Å². The standard InChI is InChI=1S/C23H26ClF3N2O3/c1-2-31-22(29-13-7-4-8-14-29)20(32-28-21(30)16-9-5-3-6-10-16)17-11-12-19(24)18(15-17)23(25,26)27/h3,5-6,9-12,15,20,22H,2,4,7-8,13-14H2,1H3,(H,28,30). The van der Waals surface area contributed by atoms with E-state index in [-0.39, 0.29) is 5.56 Å². The number of rotatable bonds is 8. The highest BCUT2D eigenvalue weighted by Gasteiger charge is 2.37. The number of likely N-dealkylation sites (tertiary alicyclic amines) is 1. The summed E-state index contributed by atoms with van der Waals surface area (Å²) in [7, 11) is 0. The minimum Gasteiger partial charge on any atom is -0.360 e. The molecule has 32 heavy (non-hydrogen) atoms. The molecule has 5 nitrogen and oxygen atoms in total. The lowest BCUT2D eigenvalue weighted by Gasteiger charge is -2.38. The Kier molecular flexibility index (Phi) is 8.53. The Hall–Kier alpha value is -2.13. The number of halogens is 4. The molecule has 1 fully saturated rings. The Bertz CT molecular complexity index is 890. The molecule has 2 atom stereocenters. The number of nitrogens with zero attached hydrogens (tertiary/aromatic N) is 1. The van der Waals surface area contributed by atoms with Crippen molar-refractivity contribution in [3.63, 3.8) is 0 Å². The molecule has 1 heterocycles. The first-order chi connectivity index (χ1) is 15.3. The molecule has 0 saturated carbocycles. The van der Waals surface area contributed by atoms with Gasteiger partial charge in [0.2, 0.25) is 0 Å². The Morgan fingerprint density at radius 1 is 1.12 bits per heavy atom. The van der Waals surface area contributed by atoms with Gasteiger partial charge in [0.15, 0.2) is 6.10 Å². The molecule has 1 amide bonds. The summed E-state index contributed by atoms with van der Waals surface area (Å²) in [6.07, 6.45) is -3.35. The maximum atomic E-state index is 13.5. The number of benzene rings is 2. The van der Waals surface area contributed by atoms with E-state index in [0.29, 0.717) is 12.2 Å². The third-order valence-corrected chi connectivity index (χ3v) is 5.62. The molecule has 0 bridgehead atoms. The molecule has 1 saturated heterocycles. The van der Waals surface area contributed by atoms with Crippen LogP contribution in [0, 0.1) is 0 Å². The monoisotopic (exact) mass is 470 g/mol. The molecule has 0 radical (unpaired) electrons. The van der Waals surface area contributed by atoms with E-state index in [2.05, 4.69) is 5.48 Å². The first kappa shape index (κ1) is 24.5. The maximum absolute atomic E-state index is 13.5. The van der Waals surface area contributed by atoms with Crippen molar-refractivity contribution >= 4 is 17.5 Å².